The van der Waals surface area contributed by atoms with Crippen LogP contribution in [0.4, 0.5) is 0 Å². The molecule has 4 rings (SSSR count). The molecule has 4 aromatic carbocycles. The second-order valence-electron chi connectivity index (χ2n) is 5.91. The standard InChI is InChI=1S/C20H19N/c1-2-4-18(21)16-11-9-15-8-7-13-5-3-6-14-10-12-17(16)20(15)19(13)14/h3,5-12,18H,2,4,21H2,1H3/t18-/m0/s1. The van der Waals surface area contributed by atoms with E-state index >= 15 is 0 Å². The van der Waals surface area contributed by atoms with Crippen LogP contribution >= 0.6 is 0 Å². The first kappa shape index (κ1) is 12.6. The van der Waals surface area contributed by atoms with E-state index in [0.717, 1.165) is 12.8 Å². The molecule has 0 fully saturated rings. The highest BCUT2D eigenvalue weighted by Crippen LogP contribution is 2.37. The Labute approximate surface area is 124 Å². The van der Waals surface area contributed by atoms with Crippen LogP contribution in [0.25, 0.3) is 32.3 Å². The fourth-order valence-corrected chi connectivity index (χ4v) is 3.55. The lowest BCUT2D eigenvalue weighted by atomic mass is 9.89. The Hall–Kier alpha value is -2.12. The van der Waals surface area contributed by atoms with E-state index in [4.69, 9.17) is 5.73 Å². The van der Waals surface area contributed by atoms with Crippen molar-refractivity contribution >= 4 is 32.3 Å². The van der Waals surface area contributed by atoms with E-state index in [1.807, 2.05) is 0 Å². The van der Waals surface area contributed by atoms with E-state index in [9.17, 15) is 0 Å². The fourth-order valence-electron chi connectivity index (χ4n) is 3.55. The highest BCUT2D eigenvalue weighted by atomic mass is 14.6. The Morgan fingerprint density at radius 3 is 2.14 bits per heavy atom. The van der Waals surface area contributed by atoms with Gasteiger partial charge in [-0.3, -0.25) is 0 Å². The van der Waals surface area contributed by atoms with Crippen molar-refractivity contribution in [1.82, 2.24) is 0 Å². The number of rotatable bonds is 3. The minimum Gasteiger partial charge on any atom is -0.324 e. The number of benzene rings is 4. The van der Waals surface area contributed by atoms with Crippen molar-refractivity contribution in [2.45, 2.75) is 25.8 Å². The fraction of sp³-hybridized carbons (Fsp3) is 0.200. The molecule has 0 saturated heterocycles. The van der Waals surface area contributed by atoms with E-state index in [2.05, 4.69) is 61.5 Å². The quantitative estimate of drug-likeness (QED) is 0.498. The average molecular weight is 273 g/mol. The molecule has 0 saturated carbocycles. The lowest BCUT2D eigenvalue weighted by Crippen LogP contribution is -2.10. The summed E-state index contributed by atoms with van der Waals surface area (Å²) in [6, 6.07) is 20.0. The Morgan fingerprint density at radius 1 is 0.810 bits per heavy atom. The summed E-state index contributed by atoms with van der Waals surface area (Å²) >= 11 is 0. The van der Waals surface area contributed by atoms with Crippen molar-refractivity contribution < 1.29 is 0 Å². The molecule has 1 nitrogen and oxygen atoms in total. The van der Waals surface area contributed by atoms with E-state index in [1.54, 1.807) is 0 Å². The molecule has 0 amide bonds. The Balaban J connectivity index is 2.15. The van der Waals surface area contributed by atoms with Gasteiger partial charge >= 0.3 is 0 Å². The summed E-state index contributed by atoms with van der Waals surface area (Å²) in [4.78, 5) is 0. The van der Waals surface area contributed by atoms with E-state index in [-0.39, 0.29) is 6.04 Å². The molecule has 2 N–H and O–H groups in total. The van der Waals surface area contributed by atoms with Crippen molar-refractivity contribution in [2.24, 2.45) is 5.73 Å². The summed E-state index contributed by atoms with van der Waals surface area (Å²) in [5.41, 5.74) is 7.68. The van der Waals surface area contributed by atoms with Crippen LogP contribution in [0.1, 0.15) is 31.4 Å². The second-order valence-corrected chi connectivity index (χ2v) is 5.91. The zero-order valence-electron chi connectivity index (χ0n) is 12.3. The lowest BCUT2D eigenvalue weighted by Gasteiger charge is -2.17. The zero-order chi connectivity index (χ0) is 14.4. The van der Waals surface area contributed by atoms with Crippen LogP contribution in [0.5, 0.6) is 0 Å². The molecule has 0 bridgehead atoms. The zero-order valence-corrected chi connectivity index (χ0v) is 12.3. The third-order valence-electron chi connectivity index (χ3n) is 4.56. The van der Waals surface area contributed by atoms with Crippen LogP contribution in [0.3, 0.4) is 0 Å². The van der Waals surface area contributed by atoms with Crippen molar-refractivity contribution in [3.05, 3.63) is 60.2 Å². The summed E-state index contributed by atoms with van der Waals surface area (Å²) < 4.78 is 0. The van der Waals surface area contributed by atoms with Gasteiger partial charge in [0.25, 0.3) is 0 Å². The second kappa shape index (κ2) is 4.71. The van der Waals surface area contributed by atoms with Crippen LogP contribution in [-0.2, 0) is 0 Å². The molecule has 0 unspecified atom stereocenters. The highest BCUT2D eigenvalue weighted by Gasteiger charge is 2.13. The third-order valence-corrected chi connectivity index (χ3v) is 4.56. The number of hydrogen-bond donors (Lipinski definition) is 1. The summed E-state index contributed by atoms with van der Waals surface area (Å²) in [6.07, 6.45) is 2.15. The molecule has 0 radical (unpaired) electrons. The first-order valence-corrected chi connectivity index (χ1v) is 7.71. The monoisotopic (exact) mass is 273 g/mol. The van der Waals surface area contributed by atoms with Gasteiger partial charge in [0, 0.05) is 6.04 Å². The molecule has 1 heteroatoms. The van der Waals surface area contributed by atoms with Gasteiger partial charge in [-0.1, -0.05) is 67.9 Å². The van der Waals surface area contributed by atoms with Gasteiger partial charge < -0.3 is 5.73 Å². The van der Waals surface area contributed by atoms with E-state index in [1.165, 1.54) is 37.9 Å². The molecule has 104 valence electrons. The Morgan fingerprint density at radius 2 is 1.43 bits per heavy atom. The van der Waals surface area contributed by atoms with Crippen molar-refractivity contribution in [2.75, 3.05) is 0 Å². The SMILES string of the molecule is CCC[C@H](N)c1ccc2ccc3cccc4ccc1c2c34. The normalized spacial score (nSPS) is 13.4. The van der Waals surface area contributed by atoms with Crippen molar-refractivity contribution in [3.8, 4) is 0 Å². The minimum absolute atomic E-state index is 0.125. The Bertz CT molecular complexity index is 907. The van der Waals surface area contributed by atoms with Gasteiger partial charge in [0.15, 0.2) is 0 Å². The van der Waals surface area contributed by atoms with Gasteiger partial charge in [0.05, 0.1) is 0 Å². The minimum atomic E-state index is 0.125. The summed E-state index contributed by atoms with van der Waals surface area (Å²) in [5.74, 6) is 0. The van der Waals surface area contributed by atoms with Crippen LogP contribution in [0, 0.1) is 0 Å². The Kier molecular flexibility index (Phi) is 2.83. The smallest absolute Gasteiger partial charge is 0.0300 e. The molecule has 1 atom stereocenters. The van der Waals surface area contributed by atoms with Crippen molar-refractivity contribution in [1.29, 1.82) is 0 Å². The molecular formula is C20H19N. The van der Waals surface area contributed by atoms with Crippen molar-refractivity contribution in [3.63, 3.8) is 0 Å². The van der Waals surface area contributed by atoms with Crippen LogP contribution in [0.2, 0.25) is 0 Å². The summed E-state index contributed by atoms with van der Waals surface area (Å²) in [6.45, 7) is 2.19. The topological polar surface area (TPSA) is 26.0 Å². The third kappa shape index (κ3) is 1.81. The maximum atomic E-state index is 6.40. The van der Waals surface area contributed by atoms with E-state index in [0.29, 0.717) is 0 Å². The molecule has 0 heterocycles. The predicted molar refractivity (Wildman–Crippen MR) is 92.0 cm³/mol. The maximum absolute atomic E-state index is 6.40. The molecule has 0 spiro atoms. The largest absolute Gasteiger partial charge is 0.324 e. The first-order chi connectivity index (χ1) is 10.3. The van der Waals surface area contributed by atoms with E-state index < -0.39 is 0 Å². The van der Waals surface area contributed by atoms with Gasteiger partial charge in [0.1, 0.15) is 0 Å². The molecule has 21 heavy (non-hydrogen) atoms. The van der Waals surface area contributed by atoms with Gasteiger partial charge in [-0.15, -0.1) is 0 Å². The molecule has 4 aromatic rings. The summed E-state index contributed by atoms with van der Waals surface area (Å²) in [5, 5.41) is 7.99. The molecule has 0 aliphatic carbocycles. The van der Waals surface area contributed by atoms with Gasteiger partial charge in [-0.05, 0) is 44.3 Å². The molecule has 0 aliphatic heterocycles. The maximum Gasteiger partial charge on any atom is 0.0300 e. The molecular weight excluding hydrogens is 254 g/mol. The molecule has 0 aliphatic rings. The summed E-state index contributed by atoms with van der Waals surface area (Å²) in [7, 11) is 0. The van der Waals surface area contributed by atoms with Crippen LogP contribution in [0.15, 0.2) is 54.6 Å². The molecule has 0 aromatic heterocycles. The average Bonchev–Trinajstić information content (AvgIpc) is 2.52. The van der Waals surface area contributed by atoms with Gasteiger partial charge in [-0.25, -0.2) is 0 Å². The predicted octanol–water partition coefficient (Wildman–Crippen LogP) is 5.38. The van der Waals surface area contributed by atoms with Crippen LogP contribution in [-0.4, -0.2) is 0 Å². The van der Waals surface area contributed by atoms with Crippen LogP contribution < -0.4 is 5.73 Å². The van der Waals surface area contributed by atoms with Gasteiger partial charge in [0.2, 0.25) is 0 Å². The lowest BCUT2D eigenvalue weighted by molar-refractivity contribution is 0.643. The number of hydrogen-bond acceptors (Lipinski definition) is 1. The first-order valence-electron chi connectivity index (χ1n) is 7.71. The number of nitrogens with two attached hydrogens (primary N) is 1. The van der Waals surface area contributed by atoms with Gasteiger partial charge in [-0.2, -0.15) is 0 Å². The highest BCUT2D eigenvalue weighted by molar-refractivity contribution is 6.23.